The highest BCUT2D eigenvalue weighted by molar-refractivity contribution is 14.1. The maximum Gasteiger partial charge on any atom is 0.118 e. The van der Waals surface area contributed by atoms with Crippen LogP contribution in [0.25, 0.3) is 9.15 Å². The van der Waals surface area contributed by atoms with Crippen molar-refractivity contribution in [2.45, 2.75) is 13.8 Å². The molecule has 0 radical (unpaired) electrons. The van der Waals surface area contributed by atoms with Gasteiger partial charge in [-0.3, -0.25) is 0 Å². The quantitative estimate of drug-likeness (QED) is 0.232. The summed E-state index contributed by atoms with van der Waals surface area (Å²) < 4.78 is 6.54. The van der Waals surface area contributed by atoms with Crippen LogP contribution in [0.4, 0.5) is 5.69 Å². The van der Waals surface area contributed by atoms with Gasteiger partial charge in [0.15, 0.2) is 0 Å². The van der Waals surface area contributed by atoms with Crippen LogP contribution in [-0.4, -0.2) is 38.2 Å². The molecule has 0 heterocycles. The van der Waals surface area contributed by atoms with Crippen molar-refractivity contribution in [3.05, 3.63) is 95.6 Å². The van der Waals surface area contributed by atoms with Crippen molar-refractivity contribution in [2.75, 3.05) is 38.6 Å². The minimum absolute atomic E-state index is 0.870. The Morgan fingerprint density at radius 3 is 1.97 bits per heavy atom. The molecule has 0 atom stereocenters. The lowest BCUT2D eigenvalue weighted by Gasteiger charge is -2.18. The third-order valence-corrected chi connectivity index (χ3v) is 6.61. The van der Waals surface area contributed by atoms with Crippen LogP contribution in [0, 0.1) is 0 Å². The van der Waals surface area contributed by atoms with Crippen LogP contribution in [0.3, 0.4) is 0 Å². The molecule has 162 valence electrons. The number of likely N-dealkylation sites (N-methyl/N-ethyl adjacent to an activating group) is 1. The third kappa shape index (κ3) is 6.34. The summed E-state index contributed by atoms with van der Waals surface area (Å²) in [5.74, 6) is 0.870. The van der Waals surface area contributed by atoms with Crippen LogP contribution in [0.1, 0.15) is 30.5 Å². The number of benzene rings is 3. The van der Waals surface area contributed by atoms with Crippen LogP contribution in [-0.2, 0) is 0 Å². The summed E-state index contributed by atoms with van der Waals surface area (Å²) in [6, 6.07) is 27.6. The van der Waals surface area contributed by atoms with E-state index in [1.54, 1.807) is 7.11 Å². The molecule has 0 saturated heterocycles. The number of hydrogen-bond donors (Lipinski definition) is 1. The van der Waals surface area contributed by atoms with Crippen LogP contribution in [0.5, 0.6) is 5.75 Å². The van der Waals surface area contributed by atoms with Gasteiger partial charge in [0.05, 0.1) is 7.11 Å². The van der Waals surface area contributed by atoms with E-state index in [2.05, 4.69) is 113 Å². The molecule has 3 nitrogen and oxygen atoms in total. The fourth-order valence-corrected chi connectivity index (χ4v) is 4.54. The van der Waals surface area contributed by atoms with Crippen LogP contribution < -0.4 is 10.1 Å². The normalized spacial score (nSPS) is 11.9. The van der Waals surface area contributed by atoms with E-state index in [0.717, 1.165) is 37.6 Å². The van der Waals surface area contributed by atoms with E-state index in [-0.39, 0.29) is 0 Å². The Hall–Kier alpha value is -2.31. The molecule has 0 fully saturated rings. The van der Waals surface area contributed by atoms with Crippen molar-refractivity contribution in [1.29, 1.82) is 0 Å². The number of nitrogens with zero attached hydrogens (tertiary/aromatic N) is 1. The van der Waals surface area contributed by atoms with Crippen molar-refractivity contribution in [3.63, 3.8) is 0 Å². The maximum atomic E-state index is 5.32. The van der Waals surface area contributed by atoms with E-state index in [0.29, 0.717) is 0 Å². The number of halogens is 1. The topological polar surface area (TPSA) is 24.5 Å². The third-order valence-electron chi connectivity index (χ3n) is 5.45. The second-order valence-corrected chi connectivity index (χ2v) is 8.39. The van der Waals surface area contributed by atoms with Gasteiger partial charge in [-0.05, 0) is 76.6 Å². The molecule has 0 amide bonds. The van der Waals surface area contributed by atoms with Gasteiger partial charge in [0, 0.05) is 27.9 Å². The molecule has 3 aromatic rings. The molecule has 31 heavy (non-hydrogen) atoms. The van der Waals surface area contributed by atoms with Gasteiger partial charge in [-0.15, -0.1) is 0 Å². The highest BCUT2D eigenvalue weighted by Crippen LogP contribution is 2.37. The average molecular weight is 526 g/mol. The fourth-order valence-electron chi connectivity index (χ4n) is 3.56. The van der Waals surface area contributed by atoms with Crippen molar-refractivity contribution in [2.24, 2.45) is 0 Å². The molecule has 0 unspecified atom stereocenters. The SMILES string of the molecule is CCN(CC)CCNc1ccc(C(=C(I)c2ccc(OC)cc2)c2ccccc2)cc1. The van der Waals surface area contributed by atoms with E-state index >= 15 is 0 Å². The number of methoxy groups -OCH3 is 1. The van der Waals surface area contributed by atoms with E-state index in [4.69, 9.17) is 4.74 Å². The molecule has 3 rings (SSSR count). The summed E-state index contributed by atoms with van der Waals surface area (Å²) in [6.07, 6.45) is 0. The minimum Gasteiger partial charge on any atom is -0.497 e. The number of rotatable bonds is 10. The molecule has 0 aromatic heterocycles. The molecular formula is C27H31IN2O. The van der Waals surface area contributed by atoms with Gasteiger partial charge in [-0.25, -0.2) is 0 Å². The molecule has 0 aliphatic carbocycles. The molecule has 0 saturated carbocycles. The Balaban J connectivity index is 1.88. The largest absolute Gasteiger partial charge is 0.497 e. The summed E-state index contributed by atoms with van der Waals surface area (Å²) in [6.45, 7) is 8.60. The first-order valence-electron chi connectivity index (χ1n) is 10.8. The number of hydrogen-bond acceptors (Lipinski definition) is 3. The molecule has 4 heteroatoms. The predicted octanol–water partition coefficient (Wildman–Crippen LogP) is 6.80. The van der Waals surface area contributed by atoms with Crippen molar-refractivity contribution in [1.82, 2.24) is 4.90 Å². The highest BCUT2D eigenvalue weighted by atomic mass is 127. The molecule has 3 aromatic carbocycles. The van der Waals surface area contributed by atoms with E-state index in [9.17, 15) is 0 Å². The number of ether oxygens (including phenoxy) is 1. The second-order valence-electron chi connectivity index (χ2n) is 7.31. The van der Waals surface area contributed by atoms with Gasteiger partial charge >= 0.3 is 0 Å². The zero-order valence-corrected chi connectivity index (χ0v) is 20.7. The first kappa shape index (κ1) is 23.4. The Bertz CT molecular complexity index is 962. The lowest BCUT2D eigenvalue weighted by atomic mass is 9.95. The first-order valence-corrected chi connectivity index (χ1v) is 11.9. The molecular weight excluding hydrogens is 495 g/mol. The van der Waals surface area contributed by atoms with E-state index in [1.165, 1.54) is 25.8 Å². The van der Waals surface area contributed by atoms with E-state index in [1.807, 2.05) is 12.1 Å². The standard InChI is InChI=1S/C27H31IN2O/c1-4-30(5-2)20-19-29-24-15-11-22(12-16-24)26(21-9-7-6-8-10-21)27(28)23-13-17-25(31-3)18-14-23/h6-18,29H,4-5,19-20H2,1-3H3. The molecule has 0 aliphatic rings. The van der Waals surface area contributed by atoms with Gasteiger partial charge in [0.1, 0.15) is 5.75 Å². The number of anilines is 1. The Morgan fingerprint density at radius 1 is 0.806 bits per heavy atom. The fraction of sp³-hybridized carbons (Fsp3) is 0.259. The Morgan fingerprint density at radius 2 is 1.39 bits per heavy atom. The van der Waals surface area contributed by atoms with Gasteiger partial charge < -0.3 is 15.0 Å². The van der Waals surface area contributed by atoms with Crippen molar-refractivity contribution in [3.8, 4) is 5.75 Å². The van der Waals surface area contributed by atoms with E-state index < -0.39 is 0 Å². The van der Waals surface area contributed by atoms with Crippen molar-refractivity contribution >= 4 is 37.4 Å². The molecule has 0 aliphatic heterocycles. The zero-order chi connectivity index (χ0) is 22.1. The van der Waals surface area contributed by atoms with Crippen LogP contribution >= 0.6 is 22.6 Å². The molecule has 1 N–H and O–H groups in total. The molecule has 0 spiro atoms. The van der Waals surface area contributed by atoms with Crippen LogP contribution in [0.2, 0.25) is 0 Å². The summed E-state index contributed by atoms with van der Waals surface area (Å²) >= 11 is 2.46. The minimum atomic E-state index is 0.870. The second kappa shape index (κ2) is 11.9. The van der Waals surface area contributed by atoms with Crippen molar-refractivity contribution < 1.29 is 4.74 Å². The predicted molar refractivity (Wildman–Crippen MR) is 142 cm³/mol. The lowest BCUT2D eigenvalue weighted by molar-refractivity contribution is 0.316. The smallest absolute Gasteiger partial charge is 0.118 e. The van der Waals surface area contributed by atoms with Gasteiger partial charge in [0.25, 0.3) is 0 Å². The van der Waals surface area contributed by atoms with Gasteiger partial charge in [-0.1, -0.05) is 68.4 Å². The zero-order valence-electron chi connectivity index (χ0n) is 18.6. The Labute approximate surface area is 200 Å². The maximum absolute atomic E-state index is 5.32. The summed E-state index contributed by atoms with van der Waals surface area (Å²) in [4.78, 5) is 2.43. The highest BCUT2D eigenvalue weighted by Gasteiger charge is 2.12. The summed E-state index contributed by atoms with van der Waals surface area (Å²) in [7, 11) is 1.70. The Kier molecular flexibility index (Phi) is 8.98. The summed E-state index contributed by atoms with van der Waals surface area (Å²) in [5, 5.41) is 3.55. The number of nitrogens with one attached hydrogen (secondary N) is 1. The average Bonchev–Trinajstić information content (AvgIpc) is 2.83. The van der Waals surface area contributed by atoms with Gasteiger partial charge in [0.2, 0.25) is 0 Å². The first-order chi connectivity index (χ1) is 15.2. The summed E-state index contributed by atoms with van der Waals surface area (Å²) in [5.41, 5.74) is 6.00. The monoisotopic (exact) mass is 526 g/mol. The lowest BCUT2D eigenvalue weighted by Crippen LogP contribution is -2.28. The van der Waals surface area contributed by atoms with Gasteiger partial charge in [-0.2, -0.15) is 0 Å². The van der Waals surface area contributed by atoms with Crippen LogP contribution in [0.15, 0.2) is 78.9 Å². The molecule has 0 bridgehead atoms.